The summed E-state index contributed by atoms with van der Waals surface area (Å²) in [5, 5.41) is 3.45. The first-order chi connectivity index (χ1) is 13.0. The molecule has 2 aliphatic rings. The van der Waals surface area contributed by atoms with Crippen LogP contribution in [0.3, 0.4) is 0 Å². The Morgan fingerprint density at radius 1 is 1.33 bits per heavy atom. The molecule has 2 heterocycles. The first-order valence-corrected chi connectivity index (χ1v) is 9.31. The Balaban J connectivity index is 2.03. The Morgan fingerprint density at radius 3 is 2.70 bits per heavy atom. The van der Waals surface area contributed by atoms with Crippen molar-refractivity contribution in [3.8, 4) is 0 Å². The summed E-state index contributed by atoms with van der Waals surface area (Å²) in [7, 11) is 1.58. The minimum atomic E-state index is -0.597. The van der Waals surface area contributed by atoms with Gasteiger partial charge < -0.3 is 19.7 Å². The van der Waals surface area contributed by atoms with Gasteiger partial charge in [0.25, 0.3) is 5.91 Å². The molecule has 1 saturated heterocycles. The monoisotopic (exact) mass is 393 g/mol. The molecule has 1 unspecified atom stereocenters. The summed E-state index contributed by atoms with van der Waals surface area (Å²) in [5.74, 6) is -0.108. The zero-order valence-electron chi connectivity index (χ0n) is 15.5. The van der Waals surface area contributed by atoms with Crippen molar-refractivity contribution in [1.29, 1.82) is 0 Å². The number of nitrogens with one attached hydrogen (secondary N) is 1. The smallest absolute Gasteiger partial charge is 0.322 e. The third kappa shape index (κ3) is 4.10. The predicted octanol–water partition coefficient (Wildman–Crippen LogP) is 2.19. The van der Waals surface area contributed by atoms with Crippen LogP contribution in [0.5, 0.6) is 0 Å². The molecule has 0 aromatic heterocycles. The second-order valence-corrected chi connectivity index (χ2v) is 6.86. The Bertz CT molecular complexity index is 746. The van der Waals surface area contributed by atoms with Crippen molar-refractivity contribution in [2.24, 2.45) is 0 Å². The number of rotatable bonds is 5. The molecule has 3 rings (SSSR count). The fourth-order valence-corrected chi connectivity index (χ4v) is 3.63. The molecule has 0 spiro atoms. The molecule has 0 aliphatic carbocycles. The highest BCUT2D eigenvalue weighted by Gasteiger charge is 2.38. The first-order valence-electron chi connectivity index (χ1n) is 8.93. The van der Waals surface area contributed by atoms with E-state index in [1.54, 1.807) is 29.9 Å². The maximum Gasteiger partial charge on any atom is 0.322 e. The number of methoxy groups -OCH3 is 1. The normalized spacial score (nSPS) is 20.7. The number of carbonyl (C=O) groups excluding carboxylic acids is 2. The summed E-state index contributed by atoms with van der Waals surface area (Å²) in [6.45, 7) is 4.60. The fraction of sp³-hybridized carbons (Fsp3) is 0.474. The van der Waals surface area contributed by atoms with Crippen LogP contribution in [-0.2, 0) is 14.3 Å². The Morgan fingerprint density at radius 2 is 2.04 bits per heavy atom. The molecule has 1 N–H and O–H groups in total. The number of hydrogen-bond donors (Lipinski definition) is 1. The molecule has 8 heteroatoms. The van der Waals surface area contributed by atoms with Gasteiger partial charge in [-0.3, -0.25) is 9.69 Å². The topological polar surface area (TPSA) is 71.1 Å². The summed E-state index contributed by atoms with van der Waals surface area (Å²) >= 11 is 6.38. The van der Waals surface area contributed by atoms with E-state index in [4.69, 9.17) is 21.1 Å². The van der Waals surface area contributed by atoms with E-state index < -0.39 is 6.04 Å². The van der Waals surface area contributed by atoms with Crippen LogP contribution in [0.25, 0.3) is 0 Å². The van der Waals surface area contributed by atoms with Crippen LogP contribution < -0.4 is 5.32 Å². The van der Waals surface area contributed by atoms with Gasteiger partial charge >= 0.3 is 6.03 Å². The fourth-order valence-electron chi connectivity index (χ4n) is 3.39. The number of halogens is 1. The highest BCUT2D eigenvalue weighted by atomic mass is 35.5. The van der Waals surface area contributed by atoms with Crippen LogP contribution in [0.2, 0.25) is 5.02 Å². The van der Waals surface area contributed by atoms with Gasteiger partial charge in [-0.1, -0.05) is 29.8 Å². The summed E-state index contributed by atoms with van der Waals surface area (Å²) in [4.78, 5) is 29.3. The van der Waals surface area contributed by atoms with Crippen molar-refractivity contribution in [1.82, 2.24) is 15.1 Å². The lowest BCUT2D eigenvalue weighted by Gasteiger charge is -2.38. The van der Waals surface area contributed by atoms with Crippen LogP contribution in [0.4, 0.5) is 4.79 Å². The van der Waals surface area contributed by atoms with E-state index in [9.17, 15) is 9.59 Å². The summed E-state index contributed by atoms with van der Waals surface area (Å²) in [6, 6.07) is 6.39. The highest BCUT2D eigenvalue weighted by molar-refractivity contribution is 6.31. The SMILES string of the molecule is COCCN1C(=O)NC(c2ccccc2Cl)C(C(=O)N2CCOCC2)=C1C. The van der Waals surface area contributed by atoms with Gasteiger partial charge in [0.15, 0.2) is 0 Å². The number of morpholine rings is 1. The van der Waals surface area contributed by atoms with E-state index in [0.717, 1.165) is 0 Å². The number of allylic oxidation sites excluding steroid dienone is 1. The Kier molecular flexibility index (Phi) is 6.36. The lowest BCUT2D eigenvalue weighted by Crippen LogP contribution is -2.51. The maximum absolute atomic E-state index is 13.3. The van der Waals surface area contributed by atoms with Crippen molar-refractivity contribution in [2.75, 3.05) is 46.6 Å². The van der Waals surface area contributed by atoms with Crippen LogP contribution in [-0.4, -0.2) is 68.3 Å². The van der Waals surface area contributed by atoms with Crippen molar-refractivity contribution in [3.63, 3.8) is 0 Å². The quantitative estimate of drug-likeness (QED) is 0.832. The lowest BCUT2D eigenvalue weighted by atomic mass is 9.93. The third-order valence-electron chi connectivity index (χ3n) is 4.86. The number of carbonyl (C=O) groups is 2. The number of benzene rings is 1. The minimum Gasteiger partial charge on any atom is -0.383 e. The van der Waals surface area contributed by atoms with Gasteiger partial charge in [-0.15, -0.1) is 0 Å². The van der Waals surface area contributed by atoms with Gasteiger partial charge in [0.05, 0.1) is 38.0 Å². The molecule has 1 atom stereocenters. The first kappa shape index (κ1) is 19.7. The van der Waals surface area contributed by atoms with Crippen molar-refractivity contribution < 1.29 is 19.1 Å². The molecular formula is C19H24ClN3O4. The largest absolute Gasteiger partial charge is 0.383 e. The molecular weight excluding hydrogens is 370 g/mol. The van der Waals surface area contributed by atoms with Crippen molar-refractivity contribution in [3.05, 3.63) is 46.1 Å². The van der Waals surface area contributed by atoms with Gasteiger partial charge in [-0.05, 0) is 18.6 Å². The third-order valence-corrected chi connectivity index (χ3v) is 5.20. The average Bonchev–Trinajstić information content (AvgIpc) is 2.68. The second-order valence-electron chi connectivity index (χ2n) is 6.45. The minimum absolute atomic E-state index is 0.108. The molecule has 3 amide bonds. The molecule has 2 aliphatic heterocycles. The van der Waals surface area contributed by atoms with Crippen LogP contribution in [0, 0.1) is 0 Å². The molecule has 0 bridgehead atoms. The molecule has 1 aromatic carbocycles. The van der Waals surface area contributed by atoms with Gasteiger partial charge in [-0.25, -0.2) is 4.79 Å². The van der Waals surface area contributed by atoms with Crippen LogP contribution in [0.15, 0.2) is 35.5 Å². The number of urea groups is 1. The van der Waals surface area contributed by atoms with E-state index in [2.05, 4.69) is 5.32 Å². The van der Waals surface area contributed by atoms with Gasteiger partial charge in [0, 0.05) is 30.9 Å². The molecule has 0 saturated carbocycles. The van der Waals surface area contributed by atoms with Gasteiger partial charge in [0.2, 0.25) is 0 Å². The van der Waals surface area contributed by atoms with E-state index >= 15 is 0 Å². The second kappa shape index (κ2) is 8.73. The molecule has 0 radical (unpaired) electrons. The molecule has 27 heavy (non-hydrogen) atoms. The summed E-state index contributed by atoms with van der Waals surface area (Å²) in [6.07, 6.45) is 0. The van der Waals surface area contributed by atoms with E-state index in [1.807, 2.05) is 18.2 Å². The van der Waals surface area contributed by atoms with E-state index in [0.29, 0.717) is 61.3 Å². The molecule has 7 nitrogen and oxygen atoms in total. The number of nitrogens with zero attached hydrogens (tertiary/aromatic N) is 2. The highest BCUT2D eigenvalue weighted by Crippen LogP contribution is 2.35. The lowest BCUT2D eigenvalue weighted by molar-refractivity contribution is -0.131. The van der Waals surface area contributed by atoms with Gasteiger partial charge in [0.1, 0.15) is 0 Å². The maximum atomic E-state index is 13.3. The van der Waals surface area contributed by atoms with E-state index in [1.165, 1.54) is 0 Å². The number of ether oxygens (including phenoxy) is 2. The average molecular weight is 394 g/mol. The van der Waals surface area contributed by atoms with Crippen LogP contribution in [0.1, 0.15) is 18.5 Å². The zero-order valence-corrected chi connectivity index (χ0v) is 16.3. The number of amides is 3. The molecule has 1 aromatic rings. The zero-order chi connectivity index (χ0) is 19.4. The van der Waals surface area contributed by atoms with E-state index in [-0.39, 0.29) is 11.9 Å². The molecule has 1 fully saturated rings. The summed E-state index contributed by atoms with van der Waals surface area (Å²) in [5.41, 5.74) is 1.85. The predicted molar refractivity (Wildman–Crippen MR) is 101 cm³/mol. The van der Waals surface area contributed by atoms with Crippen LogP contribution >= 0.6 is 11.6 Å². The van der Waals surface area contributed by atoms with Gasteiger partial charge in [-0.2, -0.15) is 0 Å². The molecule has 146 valence electrons. The van der Waals surface area contributed by atoms with Crippen molar-refractivity contribution >= 4 is 23.5 Å². The van der Waals surface area contributed by atoms with Crippen molar-refractivity contribution in [2.45, 2.75) is 13.0 Å². The number of hydrogen-bond acceptors (Lipinski definition) is 4. The Hall–Kier alpha value is -2.09. The Labute approximate surface area is 163 Å². The summed E-state index contributed by atoms with van der Waals surface area (Å²) < 4.78 is 10.5. The standard InChI is InChI=1S/C19H24ClN3O4/c1-13-16(18(24)22-7-11-27-12-8-22)17(14-5-3-4-6-15(14)20)21-19(25)23(13)9-10-26-2/h3-6,17H,7-12H2,1-2H3,(H,21,25).